The molecule has 0 saturated carbocycles. The van der Waals surface area contributed by atoms with Crippen molar-refractivity contribution in [1.29, 1.82) is 0 Å². The van der Waals surface area contributed by atoms with E-state index in [0.29, 0.717) is 41.8 Å². The van der Waals surface area contributed by atoms with Crippen molar-refractivity contribution in [2.24, 2.45) is 0 Å². The fourth-order valence-electron chi connectivity index (χ4n) is 2.72. The molecule has 0 N–H and O–H groups in total. The second-order valence-electron chi connectivity index (χ2n) is 5.64. The van der Waals surface area contributed by atoms with Crippen molar-refractivity contribution < 1.29 is 18.5 Å². The van der Waals surface area contributed by atoms with Crippen LogP contribution in [0, 0.1) is 0 Å². The average molecular weight is 360 g/mol. The van der Waals surface area contributed by atoms with E-state index < -0.39 is 0 Å². The average Bonchev–Trinajstić information content (AvgIpc) is 3.37. The summed E-state index contributed by atoms with van der Waals surface area (Å²) in [5.74, 6) is 1.32. The molecule has 0 bridgehead atoms. The SMILES string of the molecule is O=C(c1cc(-c2ccco2)on1)N1CCC(Oc2ccncc2Cl)C1. The number of amides is 1. The number of carbonyl (C=O) groups excluding carboxylic acids is 1. The van der Waals surface area contributed by atoms with Crippen molar-refractivity contribution in [2.75, 3.05) is 13.1 Å². The molecule has 1 unspecified atom stereocenters. The van der Waals surface area contributed by atoms with Crippen molar-refractivity contribution in [3.05, 3.63) is 53.6 Å². The summed E-state index contributed by atoms with van der Waals surface area (Å²) in [5, 5.41) is 4.29. The van der Waals surface area contributed by atoms with E-state index in [9.17, 15) is 4.79 Å². The molecule has 0 spiro atoms. The first-order valence-electron chi connectivity index (χ1n) is 7.77. The van der Waals surface area contributed by atoms with E-state index in [2.05, 4.69) is 10.1 Å². The maximum absolute atomic E-state index is 12.6. The number of aromatic nitrogens is 2. The topological polar surface area (TPSA) is 81.6 Å². The number of nitrogens with zero attached hydrogens (tertiary/aromatic N) is 3. The Bertz CT molecular complexity index is 878. The number of rotatable bonds is 4. The first kappa shape index (κ1) is 15.7. The predicted molar refractivity (Wildman–Crippen MR) is 88.4 cm³/mol. The van der Waals surface area contributed by atoms with Gasteiger partial charge in [0.25, 0.3) is 5.91 Å². The van der Waals surface area contributed by atoms with Crippen molar-refractivity contribution in [3.63, 3.8) is 0 Å². The molecule has 3 aromatic heterocycles. The first-order valence-corrected chi connectivity index (χ1v) is 8.14. The van der Waals surface area contributed by atoms with Gasteiger partial charge in [-0.3, -0.25) is 9.78 Å². The van der Waals surface area contributed by atoms with Gasteiger partial charge in [-0.15, -0.1) is 0 Å². The normalized spacial score (nSPS) is 17.0. The Hall–Kier alpha value is -2.80. The number of likely N-dealkylation sites (tertiary alicyclic amines) is 1. The number of pyridine rings is 1. The van der Waals surface area contributed by atoms with Crippen molar-refractivity contribution in [3.8, 4) is 17.3 Å². The molecule has 25 heavy (non-hydrogen) atoms. The number of carbonyl (C=O) groups is 1. The Morgan fingerprint density at radius 2 is 2.28 bits per heavy atom. The summed E-state index contributed by atoms with van der Waals surface area (Å²) in [6.07, 6.45) is 5.27. The van der Waals surface area contributed by atoms with E-state index in [1.807, 2.05) is 0 Å². The summed E-state index contributed by atoms with van der Waals surface area (Å²) in [7, 11) is 0. The number of ether oxygens (including phenoxy) is 1. The molecule has 0 aliphatic carbocycles. The van der Waals surface area contributed by atoms with Crippen molar-refractivity contribution >= 4 is 17.5 Å². The molecule has 7 nitrogen and oxygen atoms in total. The number of halogens is 1. The third-order valence-corrected chi connectivity index (χ3v) is 4.24. The smallest absolute Gasteiger partial charge is 0.276 e. The summed E-state index contributed by atoms with van der Waals surface area (Å²) in [4.78, 5) is 18.2. The molecular formula is C17H14ClN3O4. The highest BCUT2D eigenvalue weighted by molar-refractivity contribution is 6.31. The van der Waals surface area contributed by atoms with Gasteiger partial charge in [0.2, 0.25) is 5.76 Å². The third kappa shape index (κ3) is 3.23. The van der Waals surface area contributed by atoms with Crippen LogP contribution in [0.1, 0.15) is 16.9 Å². The molecule has 8 heteroatoms. The maximum atomic E-state index is 12.6. The van der Waals surface area contributed by atoms with Crippen LogP contribution >= 0.6 is 11.6 Å². The summed E-state index contributed by atoms with van der Waals surface area (Å²) in [5.41, 5.74) is 0.244. The van der Waals surface area contributed by atoms with Gasteiger partial charge in [-0.05, 0) is 12.1 Å². The zero-order valence-electron chi connectivity index (χ0n) is 13.1. The zero-order valence-corrected chi connectivity index (χ0v) is 13.8. The van der Waals surface area contributed by atoms with Crippen LogP contribution in [0.25, 0.3) is 11.5 Å². The van der Waals surface area contributed by atoms with Gasteiger partial charge in [-0.25, -0.2) is 0 Å². The first-order chi connectivity index (χ1) is 12.2. The highest BCUT2D eigenvalue weighted by Gasteiger charge is 2.30. The van der Waals surface area contributed by atoms with Crippen LogP contribution in [0.15, 0.2) is 51.9 Å². The summed E-state index contributed by atoms with van der Waals surface area (Å²) in [6, 6.07) is 6.77. The fourth-order valence-corrected chi connectivity index (χ4v) is 2.88. The quantitative estimate of drug-likeness (QED) is 0.711. The number of hydrogen-bond donors (Lipinski definition) is 0. The molecule has 1 atom stereocenters. The Balaban J connectivity index is 1.41. The van der Waals surface area contributed by atoms with Gasteiger partial charge in [-0.2, -0.15) is 0 Å². The molecule has 1 aliphatic rings. The van der Waals surface area contributed by atoms with E-state index in [1.165, 1.54) is 12.5 Å². The van der Waals surface area contributed by atoms with E-state index >= 15 is 0 Å². The monoisotopic (exact) mass is 359 g/mol. The minimum atomic E-state index is -0.200. The molecule has 1 aliphatic heterocycles. The molecule has 1 fully saturated rings. The van der Waals surface area contributed by atoms with Crippen molar-refractivity contribution in [1.82, 2.24) is 15.0 Å². The standard InChI is InChI=1S/C17H14ClN3O4/c18-12-9-19-5-3-14(12)24-11-4-6-21(10-11)17(22)13-8-16(25-20-13)15-2-1-7-23-15/h1-3,5,7-9,11H,4,6,10H2. The largest absolute Gasteiger partial charge is 0.487 e. The van der Waals surface area contributed by atoms with Crippen LogP contribution in [0.5, 0.6) is 5.75 Å². The van der Waals surface area contributed by atoms with Gasteiger partial charge in [-0.1, -0.05) is 16.8 Å². The van der Waals surface area contributed by atoms with Crippen LogP contribution in [-0.2, 0) is 0 Å². The molecule has 0 aromatic carbocycles. The van der Waals surface area contributed by atoms with Crippen molar-refractivity contribution in [2.45, 2.75) is 12.5 Å². The Labute approximate surface area is 148 Å². The highest BCUT2D eigenvalue weighted by Crippen LogP contribution is 2.26. The predicted octanol–water partition coefficient (Wildman–Crippen LogP) is 3.28. The molecule has 3 aromatic rings. The summed E-state index contributed by atoms with van der Waals surface area (Å²) in [6.45, 7) is 1.04. The third-order valence-electron chi connectivity index (χ3n) is 3.95. The minimum absolute atomic E-state index is 0.125. The van der Waals surface area contributed by atoms with Gasteiger partial charge in [0.05, 0.1) is 12.8 Å². The maximum Gasteiger partial charge on any atom is 0.276 e. The van der Waals surface area contributed by atoms with Crippen LogP contribution in [0.2, 0.25) is 5.02 Å². The van der Waals surface area contributed by atoms with Crippen LogP contribution in [0.4, 0.5) is 0 Å². The van der Waals surface area contributed by atoms with Crippen LogP contribution < -0.4 is 4.74 Å². The molecule has 128 valence electrons. The zero-order chi connectivity index (χ0) is 17.2. The van der Waals surface area contributed by atoms with Gasteiger partial charge < -0.3 is 18.6 Å². The van der Waals surface area contributed by atoms with E-state index in [1.54, 1.807) is 35.4 Å². The van der Waals surface area contributed by atoms with Gasteiger partial charge in [0.15, 0.2) is 11.5 Å². The second-order valence-corrected chi connectivity index (χ2v) is 6.05. The number of hydrogen-bond acceptors (Lipinski definition) is 6. The lowest BCUT2D eigenvalue weighted by atomic mass is 10.3. The van der Waals surface area contributed by atoms with Gasteiger partial charge in [0, 0.05) is 37.5 Å². The molecule has 1 saturated heterocycles. The Morgan fingerprint density at radius 1 is 1.36 bits per heavy atom. The second kappa shape index (κ2) is 6.60. The van der Waals surface area contributed by atoms with Crippen LogP contribution in [0.3, 0.4) is 0 Å². The lowest BCUT2D eigenvalue weighted by Gasteiger charge is -2.16. The summed E-state index contributed by atoms with van der Waals surface area (Å²) < 4.78 is 16.3. The minimum Gasteiger partial charge on any atom is -0.487 e. The van der Waals surface area contributed by atoms with E-state index in [4.69, 9.17) is 25.3 Å². The molecule has 4 rings (SSSR count). The molecule has 4 heterocycles. The lowest BCUT2D eigenvalue weighted by molar-refractivity contribution is 0.0762. The van der Waals surface area contributed by atoms with Gasteiger partial charge in [0.1, 0.15) is 16.9 Å². The van der Waals surface area contributed by atoms with E-state index in [-0.39, 0.29) is 17.7 Å². The molecule has 1 amide bonds. The Morgan fingerprint density at radius 3 is 3.08 bits per heavy atom. The molecule has 0 radical (unpaired) electrons. The Kier molecular flexibility index (Phi) is 4.15. The number of furan rings is 1. The van der Waals surface area contributed by atoms with E-state index in [0.717, 1.165) is 0 Å². The lowest BCUT2D eigenvalue weighted by Crippen LogP contribution is -2.31. The fraction of sp³-hybridized carbons (Fsp3) is 0.235. The summed E-state index contributed by atoms with van der Waals surface area (Å²) >= 11 is 6.05. The van der Waals surface area contributed by atoms with Crippen LogP contribution in [-0.4, -0.2) is 40.1 Å². The highest BCUT2D eigenvalue weighted by atomic mass is 35.5. The molecular weight excluding hydrogens is 346 g/mol. The van der Waals surface area contributed by atoms with Gasteiger partial charge >= 0.3 is 0 Å².